The summed E-state index contributed by atoms with van der Waals surface area (Å²) in [5.41, 5.74) is 2.23. The highest BCUT2D eigenvalue weighted by molar-refractivity contribution is 9.24. The molecule has 0 heterocycles. The van der Waals surface area contributed by atoms with Gasteiger partial charge in [0.1, 0.15) is 3.23 Å². The average Bonchev–Trinajstić information content (AvgIpc) is 3.08. The standard InChI is InChI=1S/C22H10Br2O2/c23-22(24)9-10-3-1-4-11-16(10)18-13(20(11)25)7-8-14-19(18)17-12(21(14)26)5-2-6-15(17)22/h1-8H,9H2. The molecule has 0 radical (unpaired) electrons. The van der Waals surface area contributed by atoms with Crippen LogP contribution in [0.1, 0.15) is 11.1 Å². The van der Waals surface area contributed by atoms with Gasteiger partial charge in [0.2, 0.25) is 0 Å². The van der Waals surface area contributed by atoms with Crippen molar-refractivity contribution in [1.82, 2.24) is 0 Å². The zero-order valence-electron chi connectivity index (χ0n) is 13.4. The first-order valence-electron chi connectivity index (χ1n) is 8.39. The van der Waals surface area contributed by atoms with Gasteiger partial charge in [0.05, 0.1) is 0 Å². The lowest BCUT2D eigenvalue weighted by atomic mass is 9.92. The fraction of sp³-hybridized carbons (Fsp3) is 0.0909. The van der Waals surface area contributed by atoms with Crippen LogP contribution in [0, 0.1) is 0 Å². The minimum atomic E-state index is -0.498. The molecule has 6 rings (SSSR count). The molecule has 0 saturated carbocycles. The Morgan fingerprint density at radius 2 is 1.19 bits per heavy atom. The molecule has 1 aliphatic carbocycles. The molecule has 1 aliphatic rings. The predicted molar refractivity (Wildman–Crippen MR) is 115 cm³/mol. The van der Waals surface area contributed by atoms with E-state index in [-0.39, 0.29) is 10.9 Å². The molecule has 0 amide bonds. The molecule has 0 N–H and O–H groups in total. The van der Waals surface area contributed by atoms with Gasteiger partial charge in [-0.15, -0.1) is 0 Å². The third-order valence-corrected chi connectivity index (χ3v) is 7.12. The van der Waals surface area contributed by atoms with Gasteiger partial charge in [-0.25, -0.2) is 0 Å². The van der Waals surface area contributed by atoms with E-state index in [2.05, 4.69) is 44.0 Å². The van der Waals surface area contributed by atoms with E-state index >= 15 is 0 Å². The van der Waals surface area contributed by atoms with E-state index in [4.69, 9.17) is 0 Å². The molecule has 0 fully saturated rings. The van der Waals surface area contributed by atoms with Gasteiger partial charge in [-0.2, -0.15) is 0 Å². The van der Waals surface area contributed by atoms with Gasteiger partial charge < -0.3 is 0 Å². The molecular formula is C22H10Br2O2. The van der Waals surface area contributed by atoms with Crippen LogP contribution in [0.3, 0.4) is 0 Å². The minimum absolute atomic E-state index is 0.0377. The molecule has 5 aromatic carbocycles. The van der Waals surface area contributed by atoms with E-state index in [0.29, 0.717) is 17.2 Å². The summed E-state index contributed by atoms with van der Waals surface area (Å²) in [7, 11) is 0. The first-order chi connectivity index (χ1) is 12.5. The molecule has 4 heteroatoms. The van der Waals surface area contributed by atoms with Crippen LogP contribution in [-0.4, -0.2) is 0 Å². The maximum atomic E-state index is 13.1. The zero-order chi connectivity index (χ0) is 17.8. The maximum Gasteiger partial charge on any atom is 0.194 e. The Morgan fingerprint density at radius 1 is 0.654 bits per heavy atom. The van der Waals surface area contributed by atoms with Crippen molar-refractivity contribution in [1.29, 1.82) is 0 Å². The normalized spacial score (nSPS) is 15.8. The molecule has 124 valence electrons. The predicted octanol–water partition coefficient (Wildman–Crippen LogP) is 5.39. The van der Waals surface area contributed by atoms with Crippen LogP contribution in [-0.2, 0) is 9.65 Å². The fourth-order valence-electron chi connectivity index (χ4n) is 4.67. The van der Waals surface area contributed by atoms with Crippen molar-refractivity contribution in [2.24, 2.45) is 0 Å². The van der Waals surface area contributed by atoms with E-state index < -0.39 is 3.23 Å². The second-order valence-electron chi connectivity index (χ2n) is 7.02. The van der Waals surface area contributed by atoms with Gasteiger partial charge in [0.15, 0.2) is 10.9 Å². The summed E-state index contributed by atoms with van der Waals surface area (Å²) >= 11 is 7.70. The number of rotatable bonds is 0. The van der Waals surface area contributed by atoms with Gasteiger partial charge in [0, 0.05) is 38.7 Å². The van der Waals surface area contributed by atoms with Gasteiger partial charge in [-0.3, -0.25) is 9.59 Å². The van der Waals surface area contributed by atoms with Crippen molar-refractivity contribution in [3.8, 4) is 0 Å². The Morgan fingerprint density at radius 3 is 1.88 bits per heavy atom. The van der Waals surface area contributed by atoms with Crippen molar-refractivity contribution in [3.63, 3.8) is 0 Å². The van der Waals surface area contributed by atoms with Gasteiger partial charge >= 0.3 is 0 Å². The van der Waals surface area contributed by atoms with E-state index in [0.717, 1.165) is 43.4 Å². The summed E-state index contributed by atoms with van der Waals surface area (Å²) in [6, 6.07) is 15.4. The lowest BCUT2D eigenvalue weighted by Gasteiger charge is -2.25. The first kappa shape index (κ1) is 15.1. The minimum Gasteiger partial charge on any atom is -0.289 e. The largest absolute Gasteiger partial charge is 0.289 e. The molecule has 0 unspecified atom stereocenters. The number of benzene rings is 3. The summed E-state index contributed by atoms with van der Waals surface area (Å²) in [6.45, 7) is 0. The Labute approximate surface area is 164 Å². The molecule has 0 saturated heterocycles. The SMILES string of the molecule is O=c1c2cccc3c2c2c1ccc1c(=O)c4cccc(c4c12)C(Br)(Br)C3. The fourth-order valence-corrected chi connectivity index (χ4v) is 5.94. The summed E-state index contributed by atoms with van der Waals surface area (Å²) in [4.78, 5) is 26.1. The van der Waals surface area contributed by atoms with E-state index in [9.17, 15) is 9.59 Å². The van der Waals surface area contributed by atoms with E-state index in [1.165, 1.54) is 0 Å². The van der Waals surface area contributed by atoms with Crippen molar-refractivity contribution >= 4 is 74.9 Å². The lowest BCUT2D eigenvalue weighted by molar-refractivity contribution is 0.916. The quantitative estimate of drug-likeness (QED) is 0.287. The van der Waals surface area contributed by atoms with Crippen LogP contribution in [0.5, 0.6) is 0 Å². The third-order valence-electron chi connectivity index (χ3n) is 5.71. The Bertz CT molecular complexity index is 1520. The van der Waals surface area contributed by atoms with Crippen LogP contribution in [0.25, 0.3) is 43.1 Å². The highest BCUT2D eigenvalue weighted by Crippen LogP contribution is 2.50. The van der Waals surface area contributed by atoms with E-state index in [1.54, 1.807) is 0 Å². The van der Waals surface area contributed by atoms with Crippen molar-refractivity contribution in [2.45, 2.75) is 9.65 Å². The highest BCUT2D eigenvalue weighted by atomic mass is 79.9. The van der Waals surface area contributed by atoms with Gasteiger partial charge in [-0.1, -0.05) is 68.3 Å². The summed E-state index contributed by atoms with van der Waals surface area (Å²) in [6.07, 6.45) is 0.678. The van der Waals surface area contributed by atoms with Crippen molar-refractivity contribution < 1.29 is 0 Å². The van der Waals surface area contributed by atoms with Gasteiger partial charge in [0.25, 0.3) is 0 Å². The molecule has 2 nitrogen and oxygen atoms in total. The summed E-state index contributed by atoms with van der Waals surface area (Å²) in [5, 5.41) is 6.65. The van der Waals surface area contributed by atoms with Crippen molar-refractivity contribution in [3.05, 3.63) is 80.1 Å². The van der Waals surface area contributed by atoms with Crippen LogP contribution in [0.15, 0.2) is 58.1 Å². The Kier molecular flexibility index (Phi) is 2.68. The average molecular weight is 466 g/mol. The van der Waals surface area contributed by atoms with Crippen molar-refractivity contribution in [2.75, 3.05) is 0 Å². The smallest absolute Gasteiger partial charge is 0.194 e. The second kappa shape index (κ2) is 4.62. The Balaban J connectivity index is 2.14. The summed E-state index contributed by atoms with van der Waals surface area (Å²) in [5.74, 6) is 0. The van der Waals surface area contributed by atoms with Crippen LogP contribution in [0.4, 0.5) is 0 Å². The molecule has 5 aromatic rings. The number of halogens is 2. The lowest BCUT2D eigenvalue weighted by Crippen LogP contribution is -2.14. The first-order valence-corrected chi connectivity index (χ1v) is 9.98. The molecule has 26 heavy (non-hydrogen) atoms. The molecule has 0 spiro atoms. The van der Waals surface area contributed by atoms with Gasteiger partial charge in [-0.05, 0) is 34.0 Å². The maximum absolute atomic E-state index is 13.1. The topological polar surface area (TPSA) is 34.1 Å². The second-order valence-corrected chi connectivity index (χ2v) is 10.8. The summed E-state index contributed by atoms with van der Waals surface area (Å²) < 4.78 is -0.498. The van der Waals surface area contributed by atoms with Crippen LogP contribution in [0.2, 0.25) is 0 Å². The molecule has 0 atom stereocenters. The zero-order valence-corrected chi connectivity index (χ0v) is 16.6. The number of alkyl halides is 2. The third kappa shape index (κ3) is 1.59. The number of hydrogen-bond acceptors (Lipinski definition) is 2. The van der Waals surface area contributed by atoms with E-state index in [1.807, 2.05) is 36.4 Å². The highest BCUT2D eigenvalue weighted by Gasteiger charge is 2.33. The number of hydrogen-bond donors (Lipinski definition) is 0. The van der Waals surface area contributed by atoms with Crippen LogP contribution >= 0.6 is 31.9 Å². The molecule has 0 bridgehead atoms. The molecular weight excluding hydrogens is 456 g/mol. The Hall–Kier alpha value is -2.04. The molecule has 0 aliphatic heterocycles. The monoisotopic (exact) mass is 464 g/mol. The molecule has 0 aromatic heterocycles. The van der Waals surface area contributed by atoms with Crippen LogP contribution < -0.4 is 10.9 Å².